The number of carbonyl (C=O) groups is 1. The summed E-state index contributed by atoms with van der Waals surface area (Å²) in [5.74, 6) is 0.170. The Kier molecular flexibility index (Phi) is 3.73. The number of nitrogens with zero attached hydrogens (tertiary/aromatic N) is 1. The molecule has 2 nitrogen and oxygen atoms in total. The predicted octanol–water partition coefficient (Wildman–Crippen LogP) is 4.62. The molecule has 0 aromatic heterocycles. The van der Waals surface area contributed by atoms with Crippen molar-refractivity contribution in [1.29, 1.82) is 0 Å². The molecule has 0 unspecified atom stereocenters. The Morgan fingerprint density at radius 1 is 1.16 bits per heavy atom. The molecule has 1 aliphatic heterocycles. The second kappa shape index (κ2) is 5.21. The molecule has 1 aliphatic carbocycles. The van der Waals surface area contributed by atoms with Gasteiger partial charge in [0.05, 0.1) is 5.56 Å². The molecule has 1 heterocycles. The third-order valence-corrected chi connectivity index (χ3v) is 5.70. The van der Waals surface area contributed by atoms with Crippen molar-refractivity contribution in [3.05, 3.63) is 32.7 Å². The lowest BCUT2D eigenvalue weighted by molar-refractivity contribution is 0.0772. The maximum Gasteiger partial charge on any atom is 0.255 e. The van der Waals surface area contributed by atoms with Crippen molar-refractivity contribution in [2.24, 2.45) is 5.41 Å². The van der Waals surface area contributed by atoms with Crippen LogP contribution in [0.5, 0.6) is 0 Å². The molecule has 1 aromatic rings. The minimum absolute atomic E-state index is 0.170. The molecule has 1 saturated heterocycles. The number of rotatable bonds is 1. The van der Waals surface area contributed by atoms with Crippen molar-refractivity contribution >= 4 is 37.8 Å². The van der Waals surface area contributed by atoms with Crippen molar-refractivity contribution in [3.63, 3.8) is 0 Å². The maximum atomic E-state index is 12.6. The van der Waals surface area contributed by atoms with Crippen molar-refractivity contribution in [2.75, 3.05) is 13.1 Å². The fraction of sp³-hybridized carbons (Fsp3) is 0.533. The van der Waals surface area contributed by atoms with Crippen LogP contribution in [0.2, 0.25) is 0 Å². The van der Waals surface area contributed by atoms with Gasteiger partial charge in [0.25, 0.3) is 5.91 Å². The number of halogens is 2. The average molecular weight is 387 g/mol. The smallest absolute Gasteiger partial charge is 0.255 e. The Morgan fingerprint density at radius 3 is 2.58 bits per heavy atom. The first-order valence-corrected chi connectivity index (χ1v) is 8.43. The molecule has 0 bridgehead atoms. The lowest BCUT2D eigenvalue weighted by Crippen LogP contribution is -2.31. The number of carbonyl (C=O) groups excluding carboxylic acids is 1. The van der Waals surface area contributed by atoms with Gasteiger partial charge in [0.2, 0.25) is 0 Å². The molecular formula is C15H17Br2NO. The summed E-state index contributed by atoms with van der Waals surface area (Å²) in [5.41, 5.74) is 1.22. The van der Waals surface area contributed by atoms with E-state index in [1.807, 2.05) is 23.1 Å². The maximum absolute atomic E-state index is 12.6. The predicted molar refractivity (Wildman–Crippen MR) is 83.3 cm³/mol. The molecule has 0 N–H and O–H groups in total. The SMILES string of the molecule is O=C(c1ccc(Br)cc1Br)N1CCC2(CCCC2)C1. The molecule has 2 aliphatic rings. The van der Waals surface area contributed by atoms with Gasteiger partial charge in [-0.05, 0) is 58.8 Å². The summed E-state index contributed by atoms with van der Waals surface area (Å²) in [6, 6.07) is 5.77. The van der Waals surface area contributed by atoms with E-state index in [-0.39, 0.29) is 5.91 Å². The van der Waals surface area contributed by atoms with Crippen molar-refractivity contribution in [3.8, 4) is 0 Å². The number of hydrogen-bond acceptors (Lipinski definition) is 1. The van der Waals surface area contributed by atoms with Gasteiger partial charge < -0.3 is 4.90 Å². The van der Waals surface area contributed by atoms with Gasteiger partial charge >= 0.3 is 0 Å². The Balaban J connectivity index is 1.78. The monoisotopic (exact) mass is 385 g/mol. The summed E-state index contributed by atoms with van der Waals surface area (Å²) in [7, 11) is 0. The van der Waals surface area contributed by atoms with Gasteiger partial charge in [0, 0.05) is 22.0 Å². The number of amides is 1. The summed E-state index contributed by atoms with van der Waals surface area (Å²) in [4.78, 5) is 14.6. The molecule has 19 heavy (non-hydrogen) atoms. The van der Waals surface area contributed by atoms with Crippen LogP contribution in [0.3, 0.4) is 0 Å². The van der Waals surface area contributed by atoms with Gasteiger partial charge in [-0.2, -0.15) is 0 Å². The quantitative estimate of drug-likeness (QED) is 0.689. The van der Waals surface area contributed by atoms with Crippen LogP contribution in [0.25, 0.3) is 0 Å². The lowest BCUT2D eigenvalue weighted by Gasteiger charge is -2.23. The standard InChI is InChI=1S/C15H17Br2NO/c16-11-3-4-12(13(17)9-11)14(19)18-8-7-15(10-18)5-1-2-6-15/h3-4,9H,1-2,5-8,10H2. The van der Waals surface area contributed by atoms with E-state index in [1.165, 1.54) is 32.1 Å². The number of likely N-dealkylation sites (tertiary alicyclic amines) is 1. The molecule has 0 radical (unpaired) electrons. The highest BCUT2D eigenvalue weighted by molar-refractivity contribution is 9.11. The van der Waals surface area contributed by atoms with E-state index in [4.69, 9.17) is 0 Å². The molecule has 4 heteroatoms. The van der Waals surface area contributed by atoms with E-state index in [2.05, 4.69) is 31.9 Å². The summed E-state index contributed by atoms with van der Waals surface area (Å²) in [5, 5.41) is 0. The Labute approximate surface area is 130 Å². The number of hydrogen-bond donors (Lipinski definition) is 0. The Bertz CT molecular complexity index is 509. The van der Waals surface area contributed by atoms with E-state index < -0.39 is 0 Å². The van der Waals surface area contributed by atoms with E-state index in [9.17, 15) is 4.79 Å². The average Bonchev–Trinajstić information content (AvgIpc) is 3.00. The molecule has 3 rings (SSSR count). The van der Waals surface area contributed by atoms with Gasteiger partial charge in [-0.15, -0.1) is 0 Å². The first-order valence-electron chi connectivity index (χ1n) is 6.84. The van der Waals surface area contributed by atoms with Crippen LogP contribution in [0, 0.1) is 5.41 Å². The Hall–Kier alpha value is -0.350. The molecule has 102 valence electrons. The van der Waals surface area contributed by atoms with Crippen molar-refractivity contribution in [1.82, 2.24) is 4.90 Å². The van der Waals surface area contributed by atoms with Crippen LogP contribution < -0.4 is 0 Å². The summed E-state index contributed by atoms with van der Waals surface area (Å²) in [6.45, 7) is 1.87. The van der Waals surface area contributed by atoms with Crippen LogP contribution in [0.1, 0.15) is 42.5 Å². The minimum atomic E-state index is 0.170. The Morgan fingerprint density at radius 2 is 1.89 bits per heavy atom. The van der Waals surface area contributed by atoms with Crippen molar-refractivity contribution < 1.29 is 4.79 Å². The zero-order chi connectivity index (χ0) is 13.5. The second-order valence-electron chi connectivity index (χ2n) is 5.81. The molecule has 2 fully saturated rings. The zero-order valence-corrected chi connectivity index (χ0v) is 14.0. The van der Waals surface area contributed by atoms with Gasteiger partial charge in [0.15, 0.2) is 0 Å². The third-order valence-electron chi connectivity index (χ3n) is 4.55. The van der Waals surface area contributed by atoms with Crippen LogP contribution in [0.4, 0.5) is 0 Å². The largest absolute Gasteiger partial charge is 0.338 e. The van der Waals surface area contributed by atoms with E-state index in [0.29, 0.717) is 5.41 Å². The highest BCUT2D eigenvalue weighted by Gasteiger charge is 2.41. The third kappa shape index (κ3) is 2.62. The molecule has 1 spiro atoms. The van der Waals surface area contributed by atoms with Gasteiger partial charge in [0.1, 0.15) is 0 Å². The van der Waals surface area contributed by atoms with Crippen LogP contribution in [-0.2, 0) is 0 Å². The fourth-order valence-electron chi connectivity index (χ4n) is 3.47. The zero-order valence-electron chi connectivity index (χ0n) is 10.8. The first kappa shape index (κ1) is 13.6. The molecule has 1 aromatic carbocycles. The van der Waals surface area contributed by atoms with Gasteiger partial charge in [-0.1, -0.05) is 28.8 Å². The molecule has 1 amide bonds. The molecule has 0 atom stereocenters. The van der Waals surface area contributed by atoms with E-state index in [0.717, 1.165) is 27.6 Å². The highest BCUT2D eigenvalue weighted by atomic mass is 79.9. The van der Waals surface area contributed by atoms with Crippen molar-refractivity contribution in [2.45, 2.75) is 32.1 Å². The molecule has 1 saturated carbocycles. The second-order valence-corrected chi connectivity index (χ2v) is 7.58. The van der Waals surface area contributed by atoms with Gasteiger partial charge in [-0.25, -0.2) is 0 Å². The van der Waals surface area contributed by atoms with E-state index >= 15 is 0 Å². The van der Waals surface area contributed by atoms with Gasteiger partial charge in [-0.3, -0.25) is 4.79 Å². The highest BCUT2D eigenvalue weighted by Crippen LogP contribution is 2.45. The van der Waals surface area contributed by atoms with E-state index in [1.54, 1.807) is 0 Å². The summed E-state index contributed by atoms with van der Waals surface area (Å²) < 4.78 is 1.86. The fourth-order valence-corrected chi connectivity index (χ4v) is 4.69. The topological polar surface area (TPSA) is 20.3 Å². The summed E-state index contributed by atoms with van der Waals surface area (Å²) >= 11 is 6.92. The molecular weight excluding hydrogens is 370 g/mol. The lowest BCUT2D eigenvalue weighted by atomic mass is 9.86. The first-order chi connectivity index (χ1) is 9.10. The normalized spacial score (nSPS) is 21.3. The number of benzene rings is 1. The van der Waals surface area contributed by atoms with Crippen LogP contribution in [0.15, 0.2) is 27.1 Å². The minimum Gasteiger partial charge on any atom is -0.338 e. The summed E-state index contributed by atoms with van der Waals surface area (Å²) in [6.07, 6.45) is 6.47. The van der Waals surface area contributed by atoms with Crippen LogP contribution >= 0.6 is 31.9 Å². The van der Waals surface area contributed by atoms with Crippen LogP contribution in [-0.4, -0.2) is 23.9 Å².